The third-order valence-corrected chi connectivity index (χ3v) is 3.87. The second-order valence-electron chi connectivity index (χ2n) is 5.27. The molecule has 1 fully saturated rings. The van der Waals surface area contributed by atoms with E-state index in [9.17, 15) is 4.79 Å². The van der Waals surface area contributed by atoms with E-state index in [-0.39, 0.29) is 5.97 Å². The molecule has 3 N–H and O–H groups in total. The van der Waals surface area contributed by atoms with Crippen LogP contribution in [0.1, 0.15) is 37.0 Å². The van der Waals surface area contributed by atoms with Gasteiger partial charge in [0.25, 0.3) is 0 Å². The summed E-state index contributed by atoms with van der Waals surface area (Å²) >= 11 is 0. The van der Waals surface area contributed by atoms with Gasteiger partial charge in [0.15, 0.2) is 0 Å². The standard InChI is InChI=1S/C16H24N2O3/c1-3-15-11(7-8-21-15)10-18-12-5-6-14(17)13(9-12)16(19)20-4-2/h5-6,9,11,15,18H,3-4,7-8,10,17H2,1-2H3. The first kappa shape index (κ1) is 15.6. The van der Waals surface area contributed by atoms with Crippen molar-refractivity contribution in [3.8, 4) is 0 Å². The molecule has 0 bridgehead atoms. The highest BCUT2D eigenvalue weighted by Gasteiger charge is 2.26. The van der Waals surface area contributed by atoms with Gasteiger partial charge in [-0.3, -0.25) is 0 Å². The predicted octanol–water partition coefficient (Wildman–Crippen LogP) is 2.67. The van der Waals surface area contributed by atoms with Crippen LogP contribution >= 0.6 is 0 Å². The van der Waals surface area contributed by atoms with Crippen LogP contribution in [0.25, 0.3) is 0 Å². The molecule has 2 rings (SSSR count). The van der Waals surface area contributed by atoms with Crippen LogP contribution in [0.4, 0.5) is 11.4 Å². The number of anilines is 2. The lowest BCUT2D eigenvalue weighted by Gasteiger charge is -2.18. The Hall–Kier alpha value is -1.75. The van der Waals surface area contributed by atoms with Gasteiger partial charge in [-0.15, -0.1) is 0 Å². The molecule has 1 aliphatic heterocycles. The molecule has 1 aromatic rings. The molecule has 0 aromatic heterocycles. The van der Waals surface area contributed by atoms with Gasteiger partial charge in [-0.1, -0.05) is 6.92 Å². The molecular weight excluding hydrogens is 268 g/mol. The van der Waals surface area contributed by atoms with Crippen LogP contribution in [0.5, 0.6) is 0 Å². The molecule has 0 aliphatic carbocycles. The maximum atomic E-state index is 11.8. The quantitative estimate of drug-likeness (QED) is 0.623. The molecule has 5 heteroatoms. The van der Waals surface area contributed by atoms with Gasteiger partial charge < -0.3 is 20.5 Å². The Kier molecular flexibility index (Phi) is 5.44. The summed E-state index contributed by atoms with van der Waals surface area (Å²) in [4.78, 5) is 11.8. The number of hydrogen-bond donors (Lipinski definition) is 2. The largest absolute Gasteiger partial charge is 0.462 e. The summed E-state index contributed by atoms with van der Waals surface area (Å²) in [6.45, 7) is 5.94. The van der Waals surface area contributed by atoms with Gasteiger partial charge in [-0.25, -0.2) is 4.79 Å². The SMILES string of the molecule is CCOC(=O)c1cc(NCC2CCOC2CC)ccc1N. The van der Waals surface area contributed by atoms with E-state index in [2.05, 4.69) is 12.2 Å². The molecule has 2 unspecified atom stereocenters. The fraction of sp³-hybridized carbons (Fsp3) is 0.562. The Labute approximate surface area is 125 Å². The van der Waals surface area contributed by atoms with Crippen LogP contribution in [0.3, 0.4) is 0 Å². The molecular formula is C16H24N2O3. The second-order valence-corrected chi connectivity index (χ2v) is 5.27. The highest BCUT2D eigenvalue weighted by atomic mass is 16.5. The smallest absolute Gasteiger partial charge is 0.340 e. The zero-order chi connectivity index (χ0) is 15.2. The van der Waals surface area contributed by atoms with E-state index in [1.807, 2.05) is 6.07 Å². The Morgan fingerprint density at radius 1 is 1.48 bits per heavy atom. The van der Waals surface area contributed by atoms with Gasteiger partial charge in [0.1, 0.15) is 0 Å². The number of carbonyl (C=O) groups is 1. The van der Waals surface area contributed by atoms with E-state index in [1.54, 1.807) is 19.1 Å². The molecule has 0 spiro atoms. The number of esters is 1. The van der Waals surface area contributed by atoms with Crippen molar-refractivity contribution in [3.63, 3.8) is 0 Å². The molecule has 1 aromatic carbocycles. The van der Waals surface area contributed by atoms with E-state index < -0.39 is 0 Å². The van der Waals surface area contributed by atoms with Crippen molar-refractivity contribution < 1.29 is 14.3 Å². The minimum absolute atomic E-state index is 0.329. The number of carbonyl (C=O) groups excluding carboxylic acids is 1. The third kappa shape index (κ3) is 3.88. The molecule has 5 nitrogen and oxygen atoms in total. The average Bonchev–Trinajstić information content (AvgIpc) is 2.94. The molecule has 1 heterocycles. The van der Waals surface area contributed by atoms with Gasteiger partial charge in [-0.2, -0.15) is 0 Å². The first-order valence-corrected chi connectivity index (χ1v) is 7.57. The summed E-state index contributed by atoms with van der Waals surface area (Å²) in [6, 6.07) is 5.37. The summed E-state index contributed by atoms with van der Waals surface area (Å²) in [5.41, 5.74) is 7.57. The fourth-order valence-corrected chi connectivity index (χ4v) is 2.68. The number of nitrogens with one attached hydrogen (secondary N) is 1. The van der Waals surface area contributed by atoms with Crippen molar-refractivity contribution in [1.82, 2.24) is 0 Å². The first-order chi connectivity index (χ1) is 10.2. The van der Waals surface area contributed by atoms with E-state index in [4.69, 9.17) is 15.2 Å². The third-order valence-electron chi connectivity index (χ3n) is 3.87. The van der Waals surface area contributed by atoms with Gasteiger partial charge in [0, 0.05) is 30.4 Å². The number of nitrogen functional groups attached to an aromatic ring is 1. The molecule has 116 valence electrons. The minimum atomic E-state index is -0.380. The monoisotopic (exact) mass is 292 g/mol. The molecule has 0 radical (unpaired) electrons. The van der Waals surface area contributed by atoms with Crippen molar-refractivity contribution in [2.75, 3.05) is 30.8 Å². The summed E-state index contributed by atoms with van der Waals surface area (Å²) in [5.74, 6) is 0.132. The summed E-state index contributed by atoms with van der Waals surface area (Å²) in [5, 5.41) is 3.37. The average molecular weight is 292 g/mol. The number of benzene rings is 1. The van der Waals surface area contributed by atoms with Crippen molar-refractivity contribution in [3.05, 3.63) is 23.8 Å². The Bertz CT molecular complexity index is 490. The van der Waals surface area contributed by atoms with Crippen LogP contribution in [-0.4, -0.2) is 31.8 Å². The summed E-state index contributed by atoms with van der Waals surface area (Å²) < 4.78 is 10.7. The number of nitrogens with two attached hydrogens (primary N) is 1. The molecule has 21 heavy (non-hydrogen) atoms. The highest BCUT2D eigenvalue weighted by Crippen LogP contribution is 2.25. The lowest BCUT2D eigenvalue weighted by atomic mass is 9.99. The van der Waals surface area contributed by atoms with Crippen LogP contribution in [0.15, 0.2) is 18.2 Å². The van der Waals surface area contributed by atoms with E-state index in [0.29, 0.717) is 29.9 Å². The van der Waals surface area contributed by atoms with Gasteiger partial charge in [0.2, 0.25) is 0 Å². The molecule has 1 aliphatic rings. The summed E-state index contributed by atoms with van der Waals surface area (Å²) in [6.07, 6.45) is 2.43. The van der Waals surface area contributed by atoms with Crippen molar-refractivity contribution in [1.29, 1.82) is 0 Å². The number of rotatable bonds is 6. The predicted molar refractivity (Wildman–Crippen MR) is 83.4 cm³/mol. The second kappa shape index (κ2) is 7.31. The first-order valence-electron chi connectivity index (χ1n) is 7.57. The van der Waals surface area contributed by atoms with Gasteiger partial charge in [0.05, 0.1) is 18.3 Å². The maximum Gasteiger partial charge on any atom is 0.340 e. The van der Waals surface area contributed by atoms with Crippen LogP contribution in [0, 0.1) is 5.92 Å². The Morgan fingerprint density at radius 3 is 3.00 bits per heavy atom. The van der Waals surface area contributed by atoms with Crippen molar-refractivity contribution in [2.45, 2.75) is 32.8 Å². The molecule has 0 saturated carbocycles. The number of ether oxygens (including phenoxy) is 2. The molecule has 2 atom stereocenters. The summed E-state index contributed by atoms with van der Waals surface area (Å²) in [7, 11) is 0. The van der Waals surface area contributed by atoms with Crippen molar-refractivity contribution >= 4 is 17.3 Å². The highest BCUT2D eigenvalue weighted by molar-refractivity contribution is 5.96. The van der Waals surface area contributed by atoms with Crippen LogP contribution in [0.2, 0.25) is 0 Å². The van der Waals surface area contributed by atoms with E-state index in [0.717, 1.165) is 31.7 Å². The lowest BCUT2D eigenvalue weighted by molar-refractivity contribution is 0.0527. The lowest BCUT2D eigenvalue weighted by Crippen LogP contribution is -2.23. The van der Waals surface area contributed by atoms with Gasteiger partial charge >= 0.3 is 5.97 Å². The maximum absolute atomic E-state index is 11.8. The van der Waals surface area contributed by atoms with Crippen molar-refractivity contribution in [2.24, 2.45) is 5.92 Å². The Morgan fingerprint density at radius 2 is 2.29 bits per heavy atom. The van der Waals surface area contributed by atoms with Crippen LogP contribution < -0.4 is 11.1 Å². The zero-order valence-electron chi connectivity index (χ0n) is 12.7. The Balaban J connectivity index is 2.00. The molecule has 1 saturated heterocycles. The van der Waals surface area contributed by atoms with Crippen LogP contribution in [-0.2, 0) is 9.47 Å². The fourth-order valence-electron chi connectivity index (χ4n) is 2.68. The van der Waals surface area contributed by atoms with Gasteiger partial charge in [-0.05, 0) is 38.0 Å². The normalized spacial score (nSPS) is 21.2. The number of hydrogen-bond acceptors (Lipinski definition) is 5. The zero-order valence-corrected chi connectivity index (χ0v) is 12.7. The van der Waals surface area contributed by atoms with E-state index >= 15 is 0 Å². The van der Waals surface area contributed by atoms with E-state index in [1.165, 1.54) is 0 Å². The molecule has 0 amide bonds. The topological polar surface area (TPSA) is 73.6 Å². The minimum Gasteiger partial charge on any atom is -0.462 e.